The van der Waals surface area contributed by atoms with Crippen LogP contribution < -0.4 is 0 Å². The average molecular weight is 117 g/mol. The second kappa shape index (κ2) is 16.3. The van der Waals surface area contributed by atoms with Gasteiger partial charge in [-0.2, -0.15) is 0 Å². The van der Waals surface area contributed by atoms with Gasteiger partial charge in [-0.3, -0.25) is 0 Å². The molecular weight excluding hydrogens is 106 g/mol. The second-order valence-corrected chi connectivity index (χ2v) is 0.881. The first-order chi connectivity index (χ1) is 3.83. The first kappa shape index (κ1) is 10.3. The first-order valence-electron chi connectivity index (χ1n) is 2.42. The summed E-state index contributed by atoms with van der Waals surface area (Å²) in [7, 11) is 0. The molecule has 0 aliphatic carbocycles. The fourth-order valence-electron chi connectivity index (χ4n) is 0.204. The summed E-state index contributed by atoms with van der Waals surface area (Å²) in [5.41, 5.74) is 12.2. The molecular formula is C4H11N3O. The molecule has 0 unspecified atom stereocenters. The SMILES string of the molecule is CCOCC.[N-]=[N+]=N. The van der Waals surface area contributed by atoms with E-state index in [1.54, 1.807) is 4.91 Å². The lowest BCUT2D eigenvalue weighted by Crippen LogP contribution is -1.84. The largest absolute Gasteiger partial charge is 0.382 e. The van der Waals surface area contributed by atoms with Gasteiger partial charge in [0.15, 0.2) is 0 Å². The summed E-state index contributed by atoms with van der Waals surface area (Å²) in [6.45, 7) is 5.67. The van der Waals surface area contributed by atoms with Crippen LogP contribution in [0.1, 0.15) is 13.8 Å². The van der Waals surface area contributed by atoms with Crippen LogP contribution in [-0.4, -0.2) is 13.2 Å². The Kier molecular flexibility index (Phi) is 20.9. The molecule has 0 saturated carbocycles. The topological polar surface area (TPSA) is 69.5 Å². The third kappa shape index (κ3) is 59.6. The monoisotopic (exact) mass is 117 g/mol. The molecule has 0 atom stereocenters. The van der Waals surface area contributed by atoms with Crippen molar-refractivity contribution >= 4 is 0 Å². The Morgan fingerprint density at radius 1 is 1.50 bits per heavy atom. The molecule has 0 spiro atoms. The Labute approximate surface area is 48.9 Å². The molecule has 0 heterocycles. The van der Waals surface area contributed by atoms with Crippen LogP contribution in [0.3, 0.4) is 0 Å². The molecule has 0 rings (SSSR count). The first-order valence-corrected chi connectivity index (χ1v) is 2.42. The number of ether oxygens (including phenoxy) is 1. The smallest absolute Gasteiger partial charge is 0.0437 e. The van der Waals surface area contributed by atoms with Crippen LogP contribution in [0.5, 0.6) is 0 Å². The Bertz CT molecular complexity index is 56.3. The molecule has 0 radical (unpaired) electrons. The van der Waals surface area contributed by atoms with E-state index in [-0.39, 0.29) is 0 Å². The molecule has 48 valence electrons. The van der Waals surface area contributed by atoms with Crippen molar-refractivity contribution in [2.75, 3.05) is 13.2 Å². The van der Waals surface area contributed by atoms with E-state index in [1.165, 1.54) is 0 Å². The van der Waals surface area contributed by atoms with E-state index >= 15 is 0 Å². The fraction of sp³-hybridized carbons (Fsp3) is 1.00. The van der Waals surface area contributed by atoms with E-state index in [9.17, 15) is 0 Å². The second-order valence-electron chi connectivity index (χ2n) is 0.881. The van der Waals surface area contributed by atoms with Crippen LogP contribution in [0.2, 0.25) is 0 Å². The molecule has 8 heavy (non-hydrogen) atoms. The third-order valence-electron chi connectivity index (χ3n) is 0.408. The number of nitrogens with zero attached hydrogens (tertiary/aromatic N) is 2. The van der Waals surface area contributed by atoms with Crippen molar-refractivity contribution in [1.82, 2.24) is 0 Å². The zero-order valence-corrected chi connectivity index (χ0v) is 5.22. The summed E-state index contributed by atoms with van der Waals surface area (Å²) in [5.74, 6) is 0. The number of hydrogen-bond donors (Lipinski definition) is 1. The highest BCUT2D eigenvalue weighted by Gasteiger charge is 1.64. The highest BCUT2D eigenvalue weighted by molar-refractivity contribution is 4.18. The number of hydrogen-bond acceptors (Lipinski definition) is 2. The maximum Gasteiger partial charge on any atom is 0.0437 e. The van der Waals surface area contributed by atoms with E-state index in [1.807, 2.05) is 13.8 Å². The van der Waals surface area contributed by atoms with Crippen LogP contribution >= 0.6 is 0 Å². The van der Waals surface area contributed by atoms with Gasteiger partial charge in [-0.1, -0.05) is 0 Å². The summed E-state index contributed by atoms with van der Waals surface area (Å²) in [4.78, 5) is 1.75. The van der Waals surface area contributed by atoms with Crippen molar-refractivity contribution in [3.8, 4) is 0 Å². The predicted octanol–water partition coefficient (Wildman–Crippen LogP) is 1.92. The van der Waals surface area contributed by atoms with Crippen molar-refractivity contribution in [1.29, 1.82) is 5.53 Å². The van der Waals surface area contributed by atoms with Crippen LogP contribution in [0.15, 0.2) is 0 Å². The molecule has 0 aliphatic rings. The zero-order valence-electron chi connectivity index (χ0n) is 5.22. The van der Waals surface area contributed by atoms with Gasteiger partial charge in [0.25, 0.3) is 0 Å². The van der Waals surface area contributed by atoms with Gasteiger partial charge in [0.05, 0.1) is 0 Å². The zero-order chi connectivity index (χ0) is 6.83. The van der Waals surface area contributed by atoms with Crippen LogP contribution in [0, 0.1) is 5.53 Å². The van der Waals surface area contributed by atoms with Gasteiger partial charge in [0.2, 0.25) is 0 Å². The lowest BCUT2D eigenvalue weighted by Gasteiger charge is -1.86. The minimum absolute atomic E-state index is 0.844. The Morgan fingerprint density at radius 2 is 1.75 bits per heavy atom. The van der Waals surface area contributed by atoms with Crippen molar-refractivity contribution < 1.29 is 4.74 Å². The molecule has 0 aromatic heterocycles. The minimum Gasteiger partial charge on any atom is -0.382 e. The van der Waals surface area contributed by atoms with Gasteiger partial charge in [-0.05, 0) is 24.3 Å². The minimum atomic E-state index is 0.844. The van der Waals surface area contributed by atoms with Crippen molar-refractivity contribution in [3.63, 3.8) is 0 Å². The van der Waals surface area contributed by atoms with E-state index in [4.69, 9.17) is 15.8 Å². The molecule has 1 N–H and O–H groups in total. The summed E-state index contributed by atoms with van der Waals surface area (Å²) in [6, 6.07) is 0. The summed E-state index contributed by atoms with van der Waals surface area (Å²) in [5, 5.41) is 0. The number of nitrogens with one attached hydrogen (secondary N) is 1. The van der Waals surface area contributed by atoms with E-state index < -0.39 is 0 Å². The highest BCUT2D eigenvalue weighted by Crippen LogP contribution is 1.64. The van der Waals surface area contributed by atoms with Crippen molar-refractivity contribution in [2.24, 2.45) is 0 Å². The Balaban J connectivity index is 0. The standard InChI is InChI=1S/C4H10O.HN3/c1-3-5-4-2;1-3-2/h3-4H2,1-2H3;1H. The molecule has 0 bridgehead atoms. The van der Waals surface area contributed by atoms with Crippen LogP contribution in [0.4, 0.5) is 0 Å². The summed E-state index contributed by atoms with van der Waals surface area (Å²) < 4.78 is 4.83. The molecule has 0 aliphatic heterocycles. The fourth-order valence-corrected chi connectivity index (χ4v) is 0.204. The van der Waals surface area contributed by atoms with E-state index in [2.05, 4.69) is 0 Å². The van der Waals surface area contributed by atoms with Crippen LogP contribution in [0.25, 0.3) is 10.4 Å². The van der Waals surface area contributed by atoms with Gasteiger partial charge in [-0.15, -0.1) is 5.53 Å². The van der Waals surface area contributed by atoms with Crippen molar-refractivity contribution in [3.05, 3.63) is 10.4 Å². The average Bonchev–Trinajstić information content (AvgIpc) is 1.71. The summed E-state index contributed by atoms with van der Waals surface area (Å²) >= 11 is 0. The molecule has 4 nitrogen and oxygen atoms in total. The Hall–Kier alpha value is -0.730. The van der Waals surface area contributed by atoms with Gasteiger partial charge in [0.1, 0.15) is 0 Å². The molecule has 4 heteroatoms. The normalized spacial score (nSPS) is 6.25. The maximum absolute atomic E-state index is 6.86. The van der Waals surface area contributed by atoms with Gasteiger partial charge in [-0.25, -0.2) is 0 Å². The van der Waals surface area contributed by atoms with E-state index in [0.29, 0.717) is 0 Å². The maximum atomic E-state index is 6.86. The molecule has 0 aromatic rings. The van der Waals surface area contributed by atoms with E-state index in [0.717, 1.165) is 13.2 Å². The molecule has 0 saturated heterocycles. The molecule has 0 aromatic carbocycles. The molecule has 0 amide bonds. The van der Waals surface area contributed by atoms with Gasteiger partial charge in [0, 0.05) is 13.2 Å². The predicted molar refractivity (Wildman–Crippen MR) is 31.6 cm³/mol. The quantitative estimate of drug-likeness (QED) is 0.335. The Morgan fingerprint density at radius 3 is 1.75 bits per heavy atom. The lowest BCUT2D eigenvalue weighted by molar-refractivity contribution is 0.162. The number of rotatable bonds is 2. The summed E-state index contributed by atoms with van der Waals surface area (Å²) in [6.07, 6.45) is 0. The lowest BCUT2D eigenvalue weighted by atomic mass is 10.8. The third-order valence-corrected chi connectivity index (χ3v) is 0.408. The van der Waals surface area contributed by atoms with Crippen molar-refractivity contribution in [2.45, 2.75) is 13.8 Å². The highest BCUT2D eigenvalue weighted by atomic mass is 16.5. The van der Waals surface area contributed by atoms with Gasteiger partial charge >= 0.3 is 0 Å². The van der Waals surface area contributed by atoms with Crippen LogP contribution in [-0.2, 0) is 4.74 Å². The molecule has 0 fully saturated rings. The van der Waals surface area contributed by atoms with Gasteiger partial charge < -0.3 is 4.74 Å².